The van der Waals surface area contributed by atoms with Gasteiger partial charge in [-0.25, -0.2) is 0 Å². The smallest absolute Gasteiger partial charge is 0.131 e. The van der Waals surface area contributed by atoms with Crippen LogP contribution in [0.1, 0.15) is 11.1 Å². The van der Waals surface area contributed by atoms with Gasteiger partial charge in [0.05, 0.1) is 0 Å². The molecule has 0 radical (unpaired) electrons. The van der Waals surface area contributed by atoms with Crippen molar-refractivity contribution in [3.63, 3.8) is 0 Å². The molecule has 3 aromatic carbocycles. The van der Waals surface area contributed by atoms with Crippen LogP contribution in [0.25, 0.3) is 21.9 Å². The number of benzene rings is 3. The van der Waals surface area contributed by atoms with Crippen molar-refractivity contribution >= 4 is 10.8 Å². The van der Waals surface area contributed by atoms with E-state index in [1.165, 1.54) is 11.1 Å². The second-order valence-corrected chi connectivity index (χ2v) is 4.95. The minimum atomic E-state index is 0.371. The molecule has 19 heavy (non-hydrogen) atoms. The Hall–Kier alpha value is -2.28. The lowest BCUT2D eigenvalue weighted by molar-refractivity contribution is 0.483. The molecule has 1 heteroatoms. The molecule has 1 N–H and O–H groups in total. The molecule has 0 aliphatic rings. The van der Waals surface area contributed by atoms with Gasteiger partial charge in [0, 0.05) is 10.9 Å². The van der Waals surface area contributed by atoms with E-state index in [4.69, 9.17) is 0 Å². The summed E-state index contributed by atoms with van der Waals surface area (Å²) in [5.74, 6) is 0.371. The van der Waals surface area contributed by atoms with Crippen molar-refractivity contribution in [1.82, 2.24) is 0 Å². The van der Waals surface area contributed by atoms with Crippen molar-refractivity contribution in [3.8, 4) is 16.9 Å². The lowest BCUT2D eigenvalue weighted by Crippen LogP contribution is -1.89. The summed E-state index contributed by atoms with van der Waals surface area (Å²) in [5.41, 5.74) is 4.41. The van der Waals surface area contributed by atoms with E-state index in [0.29, 0.717) is 5.75 Å². The zero-order valence-corrected chi connectivity index (χ0v) is 11.1. The van der Waals surface area contributed by atoms with E-state index in [0.717, 1.165) is 21.9 Å². The summed E-state index contributed by atoms with van der Waals surface area (Å²) in [5, 5.41) is 12.5. The summed E-state index contributed by atoms with van der Waals surface area (Å²) in [4.78, 5) is 0. The van der Waals surface area contributed by atoms with Crippen molar-refractivity contribution in [2.75, 3.05) is 0 Å². The van der Waals surface area contributed by atoms with Crippen LogP contribution in [0.5, 0.6) is 5.75 Å². The van der Waals surface area contributed by atoms with Crippen LogP contribution in [0.3, 0.4) is 0 Å². The molecular weight excluding hydrogens is 232 g/mol. The summed E-state index contributed by atoms with van der Waals surface area (Å²) >= 11 is 0. The van der Waals surface area contributed by atoms with Crippen molar-refractivity contribution < 1.29 is 5.11 Å². The first-order valence-electron chi connectivity index (χ1n) is 6.46. The predicted molar refractivity (Wildman–Crippen MR) is 80.5 cm³/mol. The fraction of sp³-hybridized carbons (Fsp3) is 0.111. The summed E-state index contributed by atoms with van der Waals surface area (Å²) in [6.07, 6.45) is 0. The Balaban J connectivity index is 2.35. The highest BCUT2D eigenvalue weighted by molar-refractivity contribution is 5.95. The Morgan fingerprint density at radius 1 is 0.737 bits per heavy atom. The minimum absolute atomic E-state index is 0.371. The molecular formula is C18H16O. The maximum absolute atomic E-state index is 10.6. The van der Waals surface area contributed by atoms with Gasteiger partial charge < -0.3 is 5.11 Å². The maximum atomic E-state index is 10.6. The SMILES string of the molecule is Cc1cccc(C)c1-c1ccc2ccccc2c1O. The topological polar surface area (TPSA) is 20.2 Å². The third-order valence-corrected chi connectivity index (χ3v) is 3.65. The molecule has 0 bridgehead atoms. The number of hydrogen-bond donors (Lipinski definition) is 1. The monoisotopic (exact) mass is 248 g/mol. The molecule has 0 spiro atoms. The average molecular weight is 248 g/mol. The van der Waals surface area contributed by atoms with E-state index >= 15 is 0 Å². The van der Waals surface area contributed by atoms with Crippen LogP contribution >= 0.6 is 0 Å². The molecule has 0 amide bonds. The molecule has 3 aromatic rings. The lowest BCUT2D eigenvalue weighted by atomic mass is 9.93. The van der Waals surface area contributed by atoms with Gasteiger partial charge in [-0.15, -0.1) is 0 Å². The van der Waals surface area contributed by atoms with Crippen LogP contribution in [0.4, 0.5) is 0 Å². The zero-order valence-electron chi connectivity index (χ0n) is 11.1. The molecule has 0 saturated carbocycles. The first kappa shape index (κ1) is 11.8. The summed E-state index contributed by atoms with van der Waals surface area (Å²) < 4.78 is 0. The van der Waals surface area contributed by atoms with Gasteiger partial charge >= 0.3 is 0 Å². The number of rotatable bonds is 1. The number of fused-ring (bicyclic) bond motifs is 1. The van der Waals surface area contributed by atoms with Gasteiger partial charge in [-0.1, -0.05) is 54.6 Å². The molecule has 3 rings (SSSR count). The van der Waals surface area contributed by atoms with Crippen LogP contribution in [-0.4, -0.2) is 5.11 Å². The van der Waals surface area contributed by atoms with Crippen molar-refractivity contribution in [3.05, 3.63) is 65.7 Å². The quantitative estimate of drug-likeness (QED) is 0.654. The molecule has 0 aliphatic heterocycles. The Morgan fingerprint density at radius 2 is 1.42 bits per heavy atom. The largest absolute Gasteiger partial charge is 0.507 e. The molecule has 0 heterocycles. The van der Waals surface area contributed by atoms with Crippen LogP contribution < -0.4 is 0 Å². The van der Waals surface area contributed by atoms with Crippen molar-refractivity contribution in [1.29, 1.82) is 0 Å². The van der Waals surface area contributed by atoms with E-state index < -0.39 is 0 Å². The molecule has 0 saturated heterocycles. The van der Waals surface area contributed by atoms with E-state index in [1.807, 2.05) is 36.4 Å². The fourth-order valence-electron chi connectivity index (χ4n) is 2.70. The summed E-state index contributed by atoms with van der Waals surface area (Å²) in [6.45, 7) is 4.16. The third-order valence-electron chi connectivity index (χ3n) is 3.65. The van der Waals surface area contributed by atoms with E-state index in [-0.39, 0.29) is 0 Å². The third kappa shape index (κ3) is 1.88. The molecule has 0 unspecified atom stereocenters. The summed E-state index contributed by atoms with van der Waals surface area (Å²) in [6, 6.07) is 18.2. The Morgan fingerprint density at radius 3 is 2.16 bits per heavy atom. The molecule has 0 aromatic heterocycles. The number of phenolic OH excluding ortho intramolecular Hbond substituents is 1. The molecule has 0 atom stereocenters. The molecule has 0 aliphatic carbocycles. The van der Waals surface area contributed by atoms with Crippen LogP contribution in [0, 0.1) is 13.8 Å². The number of aromatic hydroxyl groups is 1. The first-order valence-corrected chi connectivity index (χ1v) is 6.46. The highest BCUT2D eigenvalue weighted by Gasteiger charge is 2.12. The highest BCUT2D eigenvalue weighted by atomic mass is 16.3. The second kappa shape index (κ2) is 4.43. The first-order chi connectivity index (χ1) is 9.18. The minimum Gasteiger partial charge on any atom is -0.507 e. The Kier molecular flexibility index (Phi) is 2.75. The Labute approximate surface area is 113 Å². The van der Waals surface area contributed by atoms with Gasteiger partial charge in [-0.2, -0.15) is 0 Å². The van der Waals surface area contributed by atoms with E-state index in [2.05, 4.69) is 32.0 Å². The highest BCUT2D eigenvalue weighted by Crippen LogP contribution is 2.38. The normalized spacial score (nSPS) is 10.8. The zero-order chi connectivity index (χ0) is 13.4. The predicted octanol–water partition coefficient (Wildman–Crippen LogP) is 4.83. The Bertz CT molecular complexity index is 736. The van der Waals surface area contributed by atoms with Crippen LogP contribution in [0.2, 0.25) is 0 Å². The maximum Gasteiger partial charge on any atom is 0.131 e. The number of phenols is 1. The van der Waals surface area contributed by atoms with Gasteiger partial charge in [-0.05, 0) is 35.9 Å². The van der Waals surface area contributed by atoms with Crippen molar-refractivity contribution in [2.45, 2.75) is 13.8 Å². The lowest BCUT2D eigenvalue weighted by Gasteiger charge is -2.13. The molecule has 94 valence electrons. The van der Waals surface area contributed by atoms with Gasteiger partial charge in [0.15, 0.2) is 0 Å². The molecule has 0 fully saturated rings. The second-order valence-electron chi connectivity index (χ2n) is 4.95. The average Bonchev–Trinajstić information content (AvgIpc) is 2.41. The van der Waals surface area contributed by atoms with Gasteiger partial charge in [-0.3, -0.25) is 0 Å². The van der Waals surface area contributed by atoms with Gasteiger partial charge in [0.1, 0.15) is 5.75 Å². The fourth-order valence-corrected chi connectivity index (χ4v) is 2.70. The van der Waals surface area contributed by atoms with Gasteiger partial charge in [0.25, 0.3) is 0 Å². The standard InChI is InChI=1S/C18H16O/c1-12-6-5-7-13(2)17(12)16-11-10-14-8-3-4-9-15(14)18(16)19/h3-11,19H,1-2H3. The summed E-state index contributed by atoms with van der Waals surface area (Å²) in [7, 11) is 0. The van der Waals surface area contributed by atoms with Crippen LogP contribution in [0.15, 0.2) is 54.6 Å². The molecule has 1 nitrogen and oxygen atoms in total. The van der Waals surface area contributed by atoms with Crippen molar-refractivity contribution in [2.24, 2.45) is 0 Å². The van der Waals surface area contributed by atoms with Crippen LogP contribution in [-0.2, 0) is 0 Å². The number of hydrogen-bond acceptors (Lipinski definition) is 1. The number of aryl methyl sites for hydroxylation is 2. The van der Waals surface area contributed by atoms with E-state index in [9.17, 15) is 5.11 Å². The van der Waals surface area contributed by atoms with E-state index in [1.54, 1.807) is 0 Å². The van der Waals surface area contributed by atoms with Gasteiger partial charge in [0.2, 0.25) is 0 Å².